The van der Waals surface area contributed by atoms with Crippen LogP contribution in [0.5, 0.6) is 5.75 Å². The van der Waals surface area contributed by atoms with Gasteiger partial charge in [-0.05, 0) is 54.6 Å². The van der Waals surface area contributed by atoms with Crippen LogP contribution < -0.4 is 4.72 Å². The number of benzene rings is 3. The van der Waals surface area contributed by atoms with E-state index in [2.05, 4.69) is 4.72 Å². The standard InChI is InChI=1S/C19H12Cl2F3NO3S2/c20-16-8-4-13(10-17(16)21)29-12-2-5-14(6-3-12)30(27,28)25-11-1-7-15(18(26)9-11)19(22,23)24/h1-10,25-26H. The summed E-state index contributed by atoms with van der Waals surface area (Å²) >= 11 is 13.2. The lowest BCUT2D eigenvalue weighted by Crippen LogP contribution is -2.13. The highest BCUT2D eigenvalue weighted by Gasteiger charge is 2.34. The van der Waals surface area contributed by atoms with Gasteiger partial charge in [0.15, 0.2) is 0 Å². The number of hydrogen-bond donors (Lipinski definition) is 2. The fourth-order valence-corrected chi connectivity index (χ4v) is 4.68. The molecule has 30 heavy (non-hydrogen) atoms. The summed E-state index contributed by atoms with van der Waals surface area (Å²) < 4.78 is 65.2. The van der Waals surface area contributed by atoms with Gasteiger partial charge in [0.05, 0.1) is 26.2 Å². The van der Waals surface area contributed by atoms with Gasteiger partial charge in [0, 0.05) is 15.9 Å². The molecule has 3 aromatic rings. The molecule has 0 saturated carbocycles. The molecule has 0 unspecified atom stereocenters. The van der Waals surface area contributed by atoms with Gasteiger partial charge in [-0.2, -0.15) is 13.2 Å². The number of rotatable bonds is 5. The number of alkyl halides is 3. The predicted octanol–water partition coefficient (Wildman–Crippen LogP) is 6.67. The van der Waals surface area contributed by atoms with E-state index in [0.717, 1.165) is 15.9 Å². The number of phenolic OH excluding ortho intramolecular Hbond substituents is 1. The highest BCUT2D eigenvalue weighted by molar-refractivity contribution is 7.99. The average Bonchev–Trinajstić information content (AvgIpc) is 2.64. The van der Waals surface area contributed by atoms with Gasteiger partial charge in [0.1, 0.15) is 5.75 Å². The predicted molar refractivity (Wildman–Crippen MR) is 111 cm³/mol. The molecule has 3 aromatic carbocycles. The Bertz CT molecular complexity index is 1180. The van der Waals surface area contributed by atoms with E-state index >= 15 is 0 Å². The third kappa shape index (κ3) is 5.34. The Morgan fingerprint density at radius 1 is 0.867 bits per heavy atom. The van der Waals surface area contributed by atoms with Crippen LogP contribution in [0.25, 0.3) is 0 Å². The van der Waals surface area contributed by atoms with Crippen molar-refractivity contribution in [1.29, 1.82) is 0 Å². The average molecular weight is 494 g/mol. The van der Waals surface area contributed by atoms with Crippen LogP contribution in [0.3, 0.4) is 0 Å². The Morgan fingerprint density at radius 2 is 1.50 bits per heavy atom. The van der Waals surface area contributed by atoms with Crippen LogP contribution in [0.15, 0.2) is 75.4 Å². The van der Waals surface area contributed by atoms with Crippen LogP contribution in [0, 0.1) is 0 Å². The third-order valence-corrected chi connectivity index (χ3v) is 6.95. The molecule has 0 aliphatic carbocycles. The Hall–Kier alpha value is -2.07. The molecule has 3 rings (SSSR count). The first kappa shape index (κ1) is 22.6. The van der Waals surface area contributed by atoms with Gasteiger partial charge in [-0.15, -0.1) is 0 Å². The van der Waals surface area contributed by atoms with E-state index in [-0.39, 0.29) is 10.6 Å². The monoisotopic (exact) mass is 493 g/mol. The van der Waals surface area contributed by atoms with Crippen molar-refractivity contribution in [3.63, 3.8) is 0 Å². The second-order valence-electron chi connectivity index (χ2n) is 5.98. The SMILES string of the molecule is O=S(=O)(Nc1ccc(C(F)(F)F)c(O)c1)c1ccc(Sc2ccc(Cl)c(Cl)c2)cc1. The first-order valence-corrected chi connectivity index (χ1v) is 11.2. The highest BCUT2D eigenvalue weighted by Crippen LogP contribution is 2.37. The minimum atomic E-state index is -4.75. The van der Waals surface area contributed by atoms with E-state index in [1.165, 1.54) is 23.9 Å². The minimum Gasteiger partial charge on any atom is -0.507 e. The molecule has 0 aliphatic heterocycles. The maximum Gasteiger partial charge on any atom is 0.419 e. The quantitative estimate of drug-likeness (QED) is 0.416. The van der Waals surface area contributed by atoms with Crippen molar-refractivity contribution < 1.29 is 26.7 Å². The molecule has 0 radical (unpaired) electrons. The molecule has 0 aromatic heterocycles. The van der Waals surface area contributed by atoms with E-state index in [1.807, 2.05) is 0 Å². The van der Waals surface area contributed by atoms with Crippen molar-refractivity contribution in [1.82, 2.24) is 0 Å². The maximum absolute atomic E-state index is 12.7. The zero-order valence-electron chi connectivity index (χ0n) is 14.7. The van der Waals surface area contributed by atoms with Crippen molar-refractivity contribution in [3.05, 3.63) is 76.3 Å². The second kappa shape index (κ2) is 8.58. The Morgan fingerprint density at radius 3 is 2.07 bits per heavy atom. The number of aromatic hydroxyl groups is 1. The maximum atomic E-state index is 12.7. The summed E-state index contributed by atoms with van der Waals surface area (Å²) in [6, 6.07) is 13.2. The van der Waals surface area contributed by atoms with Crippen LogP contribution >= 0.6 is 35.0 Å². The molecule has 11 heteroatoms. The van der Waals surface area contributed by atoms with Gasteiger partial charge < -0.3 is 5.11 Å². The third-order valence-electron chi connectivity index (χ3n) is 3.82. The highest BCUT2D eigenvalue weighted by atomic mass is 35.5. The Kier molecular flexibility index (Phi) is 6.47. The van der Waals surface area contributed by atoms with Gasteiger partial charge in [-0.25, -0.2) is 8.42 Å². The zero-order valence-corrected chi connectivity index (χ0v) is 17.9. The number of halogens is 5. The van der Waals surface area contributed by atoms with Crippen molar-refractivity contribution in [2.45, 2.75) is 20.9 Å². The van der Waals surface area contributed by atoms with Crippen molar-refractivity contribution in [2.24, 2.45) is 0 Å². The molecule has 0 fully saturated rings. The summed E-state index contributed by atoms with van der Waals surface area (Å²) in [5.74, 6) is -1.07. The number of sulfonamides is 1. The van der Waals surface area contributed by atoms with E-state index in [1.54, 1.807) is 30.3 Å². The van der Waals surface area contributed by atoms with E-state index in [4.69, 9.17) is 23.2 Å². The van der Waals surface area contributed by atoms with Crippen LogP contribution in [-0.2, 0) is 16.2 Å². The summed E-state index contributed by atoms with van der Waals surface area (Å²) in [5, 5.41) is 10.3. The number of hydrogen-bond acceptors (Lipinski definition) is 4. The Labute approximate surface area is 184 Å². The molecule has 0 saturated heterocycles. The summed E-state index contributed by atoms with van der Waals surface area (Å²) in [5.41, 5.74) is -1.45. The van der Waals surface area contributed by atoms with Crippen LogP contribution in [-0.4, -0.2) is 13.5 Å². The number of phenols is 1. The van der Waals surface area contributed by atoms with Crippen molar-refractivity contribution in [3.8, 4) is 5.75 Å². The molecular weight excluding hydrogens is 482 g/mol. The summed E-state index contributed by atoms with van der Waals surface area (Å²) in [6.45, 7) is 0. The van der Waals surface area contributed by atoms with Gasteiger partial charge in [-0.3, -0.25) is 4.72 Å². The number of nitrogens with one attached hydrogen (secondary N) is 1. The normalized spacial score (nSPS) is 12.0. The number of anilines is 1. The molecule has 2 N–H and O–H groups in total. The molecule has 0 bridgehead atoms. The lowest BCUT2D eigenvalue weighted by Gasteiger charge is -2.12. The fraction of sp³-hybridized carbons (Fsp3) is 0.0526. The van der Waals surface area contributed by atoms with Gasteiger partial charge in [-0.1, -0.05) is 35.0 Å². The van der Waals surface area contributed by atoms with Crippen molar-refractivity contribution >= 4 is 50.7 Å². The van der Waals surface area contributed by atoms with E-state index in [0.29, 0.717) is 22.2 Å². The Balaban J connectivity index is 1.76. The lowest BCUT2D eigenvalue weighted by atomic mass is 10.2. The summed E-state index contributed by atoms with van der Waals surface area (Å²) in [6.07, 6.45) is -4.75. The zero-order chi connectivity index (χ0) is 22.1. The molecule has 0 aliphatic rings. The summed E-state index contributed by atoms with van der Waals surface area (Å²) in [7, 11) is -4.07. The molecule has 4 nitrogen and oxygen atoms in total. The molecule has 158 valence electrons. The molecular formula is C19H12Cl2F3NO3S2. The second-order valence-corrected chi connectivity index (χ2v) is 9.63. The molecule has 0 spiro atoms. The topological polar surface area (TPSA) is 66.4 Å². The molecule has 0 heterocycles. The summed E-state index contributed by atoms with van der Waals surface area (Å²) in [4.78, 5) is 1.44. The van der Waals surface area contributed by atoms with Gasteiger partial charge in [0.2, 0.25) is 0 Å². The fourth-order valence-electron chi connectivity index (χ4n) is 2.41. The van der Waals surface area contributed by atoms with Crippen LogP contribution in [0.1, 0.15) is 5.56 Å². The largest absolute Gasteiger partial charge is 0.507 e. The van der Waals surface area contributed by atoms with E-state index < -0.39 is 27.5 Å². The van der Waals surface area contributed by atoms with E-state index in [9.17, 15) is 26.7 Å². The van der Waals surface area contributed by atoms with Crippen LogP contribution in [0.4, 0.5) is 18.9 Å². The molecule has 0 amide bonds. The first-order chi connectivity index (χ1) is 14.0. The first-order valence-electron chi connectivity index (χ1n) is 8.12. The molecule has 0 atom stereocenters. The minimum absolute atomic E-state index is 0.0969. The lowest BCUT2D eigenvalue weighted by molar-refractivity contribution is -0.138. The van der Waals surface area contributed by atoms with Gasteiger partial charge >= 0.3 is 6.18 Å². The van der Waals surface area contributed by atoms with Gasteiger partial charge in [0.25, 0.3) is 10.0 Å². The smallest absolute Gasteiger partial charge is 0.419 e. The van der Waals surface area contributed by atoms with Crippen LogP contribution in [0.2, 0.25) is 10.0 Å². The van der Waals surface area contributed by atoms with Crippen molar-refractivity contribution in [2.75, 3.05) is 4.72 Å².